The van der Waals surface area contributed by atoms with Gasteiger partial charge < -0.3 is 26.1 Å². The summed E-state index contributed by atoms with van der Waals surface area (Å²) in [5.41, 5.74) is 13.6. The van der Waals surface area contributed by atoms with E-state index in [-0.39, 0.29) is 18.7 Å². The molecule has 8 heteroatoms. The summed E-state index contributed by atoms with van der Waals surface area (Å²) in [6, 6.07) is 1.77. The molecule has 2 aliphatic rings. The summed E-state index contributed by atoms with van der Waals surface area (Å²) in [6.07, 6.45) is 15.8. The van der Waals surface area contributed by atoms with E-state index in [1.165, 1.54) is 0 Å². The number of nitrogens with one attached hydrogen (secondary N) is 1. The van der Waals surface area contributed by atoms with E-state index < -0.39 is 6.17 Å². The lowest BCUT2D eigenvalue weighted by atomic mass is 9.93. The Morgan fingerprint density at radius 3 is 2.62 bits per heavy atom. The zero-order valence-corrected chi connectivity index (χ0v) is 24.6. The molecule has 0 bridgehead atoms. The van der Waals surface area contributed by atoms with Crippen LogP contribution in [0.15, 0.2) is 64.1 Å². The fourth-order valence-electron chi connectivity index (χ4n) is 5.20. The highest BCUT2D eigenvalue weighted by Crippen LogP contribution is 2.58. The summed E-state index contributed by atoms with van der Waals surface area (Å²) in [4.78, 5) is 32.0. The molecule has 1 aliphatic carbocycles. The van der Waals surface area contributed by atoms with Crippen molar-refractivity contribution in [1.29, 1.82) is 0 Å². The Kier molecular flexibility index (Phi) is 13.0. The van der Waals surface area contributed by atoms with E-state index in [1.54, 1.807) is 42.8 Å². The third-order valence-corrected chi connectivity index (χ3v) is 7.58. The Labute approximate surface area is 240 Å². The van der Waals surface area contributed by atoms with Crippen molar-refractivity contribution in [1.82, 2.24) is 10.2 Å². The number of furan rings is 1. The number of fused-ring (bicyclic) bond motifs is 1. The molecule has 0 radical (unpaired) electrons. The zero-order chi connectivity index (χ0) is 29.7. The number of carbonyl (C=O) groups is 2. The van der Waals surface area contributed by atoms with E-state index >= 15 is 0 Å². The summed E-state index contributed by atoms with van der Waals surface area (Å²) < 4.78 is 5.70. The smallest absolute Gasteiger partial charge is 0.287 e. The van der Waals surface area contributed by atoms with Gasteiger partial charge in [-0.15, -0.1) is 0 Å². The lowest BCUT2D eigenvalue weighted by Crippen LogP contribution is -2.39. The number of likely N-dealkylation sites (N-methyl/N-ethyl adjacent to an activating group) is 1. The van der Waals surface area contributed by atoms with Gasteiger partial charge in [0.05, 0.1) is 12.4 Å². The molecule has 1 aliphatic heterocycles. The Balaban J connectivity index is 0.00000274. The number of hydrogen-bond donors (Lipinski definition) is 3. The van der Waals surface area contributed by atoms with Gasteiger partial charge >= 0.3 is 0 Å². The second-order valence-corrected chi connectivity index (χ2v) is 9.85. The minimum Gasteiger partial charge on any atom is -0.449 e. The zero-order valence-electron chi connectivity index (χ0n) is 24.6. The average molecular weight is 552 g/mol. The highest BCUT2D eigenvalue weighted by molar-refractivity contribution is 5.98. The Bertz CT molecular complexity index is 1260. The van der Waals surface area contributed by atoms with Gasteiger partial charge in [-0.25, -0.2) is 0 Å². The molecule has 1 fully saturated rings. The maximum atomic E-state index is 13.3. The van der Waals surface area contributed by atoms with Crippen LogP contribution in [0.1, 0.15) is 71.8 Å². The van der Waals surface area contributed by atoms with Gasteiger partial charge in [-0.3, -0.25) is 14.6 Å². The van der Waals surface area contributed by atoms with E-state index in [2.05, 4.69) is 30.4 Å². The van der Waals surface area contributed by atoms with E-state index in [1.807, 2.05) is 31.7 Å². The van der Waals surface area contributed by atoms with Crippen molar-refractivity contribution >= 4 is 30.3 Å². The molecular weight excluding hydrogens is 502 g/mol. The first-order chi connectivity index (χ1) is 19.3. The largest absolute Gasteiger partial charge is 0.449 e. The molecule has 220 valence electrons. The van der Waals surface area contributed by atoms with Gasteiger partial charge in [0.1, 0.15) is 0 Å². The number of rotatable bonds is 14. The topological polar surface area (TPSA) is 127 Å². The van der Waals surface area contributed by atoms with Crippen LogP contribution in [0.5, 0.6) is 0 Å². The molecule has 8 nitrogen and oxygen atoms in total. The first-order valence-corrected chi connectivity index (χ1v) is 14.4. The van der Waals surface area contributed by atoms with Gasteiger partial charge in [0.15, 0.2) is 11.2 Å². The Hall–Kier alpha value is -3.49. The van der Waals surface area contributed by atoms with E-state index in [0.29, 0.717) is 54.3 Å². The monoisotopic (exact) mass is 551 g/mol. The van der Waals surface area contributed by atoms with Crippen LogP contribution in [-0.4, -0.2) is 48.7 Å². The fourth-order valence-corrected chi connectivity index (χ4v) is 5.20. The van der Waals surface area contributed by atoms with Crippen LogP contribution in [0.4, 0.5) is 0 Å². The number of nitrogens with two attached hydrogens (primary N) is 2. The number of aliphatic imine (C=N–C) groups is 1. The molecule has 5 N–H and O–H groups in total. The van der Waals surface area contributed by atoms with Gasteiger partial charge in [0.25, 0.3) is 11.8 Å². The van der Waals surface area contributed by atoms with Crippen LogP contribution in [0, 0.1) is 11.3 Å². The molecule has 2 atom stereocenters. The highest BCUT2D eigenvalue weighted by Gasteiger charge is 2.51. The van der Waals surface area contributed by atoms with Gasteiger partial charge in [0.2, 0.25) is 0 Å². The quantitative estimate of drug-likeness (QED) is 0.184. The number of allylic oxidation sites excluding steroid dienone is 4. The molecule has 1 saturated carbocycles. The molecule has 40 heavy (non-hydrogen) atoms. The first kappa shape index (κ1) is 32.7. The molecule has 2 unspecified atom stereocenters. The van der Waals surface area contributed by atoms with Gasteiger partial charge in [-0.05, 0) is 55.2 Å². The molecule has 0 saturated heterocycles. The van der Waals surface area contributed by atoms with Crippen molar-refractivity contribution in [2.24, 2.45) is 27.8 Å². The molecular formula is C32H49N5O3. The summed E-state index contributed by atoms with van der Waals surface area (Å²) in [5, 5.41) is 3.94. The fraction of sp³-hybridized carbons (Fsp3) is 0.469. The van der Waals surface area contributed by atoms with Crippen LogP contribution in [0.2, 0.25) is 0 Å². The maximum Gasteiger partial charge on any atom is 0.287 e. The van der Waals surface area contributed by atoms with Crippen molar-refractivity contribution in [2.45, 2.75) is 66.0 Å². The van der Waals surface area contributed by atoms with Crippen LogP contribution in [0.3, 0.4) is 0 Å². The van der Waals surface area contributed by atoms with Crippen LogP contribution in [0.25, 0.3) is 12.3 Å². The van der Waals surface area contributed by atoms with Crippen molar-refractivity contribution < 1.29 is 15.4 Å². The standard InChI is InChI=1S/C30H41N5O3.C2H6.H2/c1-5-11-23(27(31)32)24(12-6-2)29(37)35(8-4)16-10-14-30(7-3)18-22(30)19-34-28(36)25-17-21-13-9-15-33-20-26(21)38-25;1-2;/h5-6,11-13,15,17,20,22,27H,1-2,7-10,14,16,18-19,31-32H2,3-4H3,(H,34,36);1-2H3;1H/b23-11-,24-12+;;. The number of carbonyl (C=O) groups excluding carboxylic acids is 2. The van der Waals surface area contributed by atoms with Gasteiger partial charge in [0, 0.05) is 44.5 Å². The summed E-state index contributed by atoms with van der Waals surface area (Å²) >= 11 is 0. The predicted molar refractivity (Wildman–Crippen MR) is 167 cm³/mol. The lowest BCUT2D eigenvalue weighted by molar-refractivity contribution is -0.126. The third kappa shape index (κ3) is 8.26. The summed E-state index contributed by atoms with van der Waals surface area (Å²) in [6.45, 7) is 17.4. The third-order valence-electron chi connectivity index (χ3n) is 7.58. The summed E-state index contributed by atoms with van der Waals surface area (Å²) in [7, 11) is 0. The van der Waals surface area contributed by atoms with Gasteiger partial charge in [-0.2, -0.15) is 0 Å². The molecule has 2 amide bonds. The predicted octanol–water partition coefficient (Wildman–Crippen LogP) is 3.79. The molecule has 1 aromatic heterocycles. The Morgan fingerprint density at radius 1 is 1.27 bits per heavy atom. The van der Waals surface area contributed by atoms with Crippen molar-refractivity contribution in [3.63, 3.8) is 0 Å². The van der Waals surface area contributed by atoms with E-state index in [4.69, 9.17) is 15.9 Å². The maximum absolute atomic E-state index is 13.3. The summed E-state index contributed by atoms with van der Waals surface area (Å²) in [5.74, 6) is 0.395. The average Bonchev–Trinajstić information content (AvgIpc) is 3.59. The minimum atomic E-state index is -0.798. The molecule has 2 heterocycles. The SMILES string of the molecule is C=C/C=C(/C(=C\C=C)C(=O)N(CC)CCCC1(CC)CC1CNC(=O)c1cc2c(o1)=CN=CCC=2)C(N)N.CC.[HH]. The minimum absolute atomic E-state index is 0. The van der Waals surface area contributed by atoms with E-state index in [0.717, 1.165) is 30.9 Å². The second-order valence-electron chi connectivity index (χ2n) is 9.85. The van der Waals surface area contributed by atoms with Crippen molar-refractivity contribution in [3.05, 3.63) is 71.1 Å². The normalized spacial score (nSPS) is 19.7. The number of hydrogen-bond acceptors (Lipinski definition) is 6. The van der Waals surface area contributed by atoms with Crippen LogP contribution in [-0.2, 0) is 4.79 Å². The second kappa shape index (κ2) is 15.9. The number of amides is 2. The van der Waals surface area contributed by atoms with Crippen LogP contribution < -0.4 is 27.4 Å². The molecule has 3 rings (SSSR count). The number of nitrogens with zero attached hydrogens (tertiary/aromatic N) is 2. The molecule has 1 aromatic rings. The van der Waals surface area contributed by atoms with Crippen molar-refractivity contribution in [3.8, 4) is 0 Å². The highest BCUT2D eigenvalue weighted by atomic mass is 16.3. The molecule has 0 spiro atoms. The van der Waals surface area contributed by atoms with Gasteiger partial charge in [-0.1, -0.05) is 64.7 Å². The van der Waals surface area contributed by atoms with Crippen LogP contribution >= 0.6 is 0 Å². The Morgan fingerprint density at radius 2 is 2.00 bits per heavy atom. The van der Waals surface area contributed by atoms with E-state index in [9.17, 15) is 9.59 Å². The lowest BCUT2D eigenvalue weighted by Gasteiger charge is -2.25. The molecule has 0 aromatic carbocycles. The van der Waals surface area contributed by atoms with Crippen molar-refractivity contribution in [2.75, 3.05) is 19.6 Å². The first-order valence-electron chi connectivity index (χ1n) is 14.4.